The molecule has 0 spiro atoms. The number of rotatable bonds is 2. The fourth-order valence-electron chi connectivity index (χ4n) is 1.65. The Morgan fingerprint density at radius 3 is 3.14 bits per heavy atom. The number of β-amino-alcohol motifs (C(OH)–C–C–N with tert-alkyl or cyclic N) is 1. The normalized spacial score (nSPS) is 21.5. The second-order valence-corrected chi connectivity index (χ2v) is 4.37. The Bertz CT molecular complexity index is 310. The predicted octanol–water partition coefficient (Wildman–Crippen LogP) is 0.884. The molecule has 1 saturated heterocycles. The average Bonchev–Trinajstić information content (AvgIpc) is 2.75. The lowest BCUT2D eigenvalue weighted by molar-refractivity contribution is -0.129. The van der Waals surface area contributed by atoms with Crippen LogP contribution in [0.1, 0.15) is 12.0 Å². The Balaban J connectivity index is 1.90. The molecule has 0 radical (unpaired) electrons. The van der Waals surface area contributed by atoms with E-state index < -0.39 is 0 Å². The Morgan fingerprint density at radius 1 is 1.71 bits per heavy atom. The summed E-state index contributed by atoms with van der Waals surface area (Å²) in [5.74, 6) is 0.125. The molecule has 1 aromatic rings. The molecule has 1 aliphatic rings. The summed E-state index contributed by atoms with van der Waals surface area (Å²) < 4.78 is 0. The molecule has 76 valence electrons. The van der Waals surface area contributed by atoms with Crippen LogP contribution in [0.4, 0.5) is 0 Å². The van der Waals surface area contributed by atoms with E-state index in [-0.39, 0.29) is 12.0 Å². The van der Waals surface area contributed by atoms with Crippen molar-refractivity contribution in [2.45, 2.75) is 18.9 Å². The maximum Gasteiger partial charge on any atom is 0.227 e. The third-order valence-corrected chi connectivity index (χ3v) is 3.18. The molecule has 0 aromatic carbocycles. The van der Waals surface area contributed by atoms with Crippen LogP contribution in [-0.4, -0.2) is 35.1 Å². The summed E-state index contributed by atoms with van der Waals surface area (Å²) in [5.41, 5.74) is 1.07. The van der Waals surface area contributed by atoms with Crippen LogP contribution >= 0.6 is 11.3 Å². The third kappa shape index (κ3) is 2.13. The Morgan fingerprint density at radius 2 is 2.57 bits per heavy atom. The fourth-order valence-corrected chi connectivity index (χ4v) is 2.32. The lowest BCUT2D eigenvalue weighted by atomic mass is 10.2. The van der Waals surface area contributed by atoms with E-state index in [1.54, 1.807) is 16.2 Å². The van der Waals surface area contributed by atoms with Gasteiger partial charge in [-0.05, 0) is 28.8 Å². The second kappa shape index (κ2) is 4.11. The molecule has 4 heteroatoms. The molecule has 1 atom stereocenters. The van der Waals surface area contributed by atoms with E-state index in [9.17, 15) is 9.90 Å². The van der Waals surface area contributed by atoms with Crippen molar-refractivity contribution in [2.24, 2.45) is 0 Å². The smallest absolute Gasteiger partial charge is 0.227 e. The summed E-state index contributed by atoms with van der Waals surface area (Å²) in [6, 6.07) is 1.97. The zero-order valence-electron chi connectivity index (χ0n) is 7.85. The molecule has 2 rings (SSSR count). The van der Waals surface area contributed by atoms with Gasteiger partial charge in [-0.15, -0.1) is 0 Å². The minimum Gasteiger partial charge on any atom is -0.391 e. The van der Waals surface area contributed by atoms with Crippen LogP contribution in [0.2, 0.25) is 0 Å². The third-order valence-electron chi connectivity index (χ3n) is 2.45. The number of nitrogens with zero attached hydrogens (tertiary/aromatic N) is 1. The maximum atomic E-state index is 11.7. The highest BCUT2D eigenvalue weighted by Gasteiger charge is 2.24. The topological polar surface area (TPSA) is 40.5 Å². The number of likely N-dealkylation sites (tertiary alicyclic amines) is 1. The largest absolute Gasteiger partial charge is 0.391 e. The van der Waals surface area contributed by atoms with Gasteiger partial charge in [0.2, 0.25) is 5.91 Å². The van der Waals surface area contributed by atoms with Gasteiger partial charge in [0.1, 0.15) is 0 Å². The number of aliphatic hydroxyl groups is 1. The van der Waals surface area contributed by atoms with Crippen LogP contribution in [0.25, 0.3) is 0 Å². The maximum absolute atomic E-state index is 11.7. The monoisotopic (exact) mass is 211 g/mol. The summed E-state index contributed by atoms with van der Waals surface area (Å²) in [4.78, 5) is 13.4. The van der Waals surface area contributed by atoms with Gasteiger partial charge in [-0.1, -0.05) is 0 Å². The molecule has 1 fully saturated rings. The van der Waals surface area contributed by atoms with Crippen molar-refractivity contribution in [3.05, 3.63) is 22.4 Å². The highest BCUT2D eigenvalue weighted by atomic mass is 32.1. The molecule has 1 unspecified atom stereocenters. The van der Waals surface area contributed by atoms with Crippen molar-refractivity contribution in [3.8, 4) is 0 Å². The van der Waals surface area contributed by atoms with E-state index in [4.69, 9.17) is 0 Å². The lowest BCUT2D eigenvalue weighted by Gasteiger charge is -2.14. The van der Waals surface area contributed by atoms with Gasteiger partial charge in [0.15, 0.2) is 0 Å². The Labute approximate surface area is 87.0 Å². The predicted molar refractivity (Wildman–Crippen MR) is 55.2 cm³/mol. The van der Waals surface area contributed by atoms with Gasteiger partial charge in [0.05, 0.1) is 12.5 Å². The van der Waals surface area contributed by atoms with Gasteiger partial charge < -0.3 is 10.0 Å². The molecule has 1 aromatic heterocycles. The zero-order chi connectivity index (χ0) is 9.97. The molecular formula is C10H13NO2S. The molecule has 1 N–H and O–H groups in total. The van der Waals surface area contributed by atoms with Crippen molar-refractivity contribution in [2.75, 3.05) is 13.1 Å². The first-order valence-corrected chi connectivity index (χ1v) is 5.67. The number of hydrogen-bond donors (Lipinski definition) is 1. The summed E-state index contributed by atoms with van der Waals surface area (Å²) in [6.07, 6.45) is 0.868. The molecule has 3 nitrogen and oxygen atoms in total. The van der Waals surface area contributed by atoms with Crippen molar-refractivity contribution in [3.63, 3.8) is 0 Å². The van der Waals surface area contributed by atoms with E-state index >= 15 is 0 Å². The molecule has 14 heavy (non-hydrogen) atoms. The fraction of sp³-hybridized carbons (Fsp3) is 0.500. The molecular weight excluding hydrogens is 198 g/mol. The number of hydrogen-bond acceptors (Lipinski definition) is 3. The van der Waals surface area contributed by atoms with Crippen LogP contribution in [0.3, 0.4) is 0 Å². The molecule has 1 amide bonds. The van der Waals surface area contributed by atoms with Crippen LogP contribution in [0.15, 0.2) is 16.8 Å². The summed E-state index contributed by atoms with van der Waals surface area (Å²) >= 11 is 1.60. The first-order chi connectivity index (χ1) is 6.75. The number of carbonyl (C=O) groups is 1. The summed E-state index contributed by atoms with van der Waals surface area (Å²) in [6.45, 7) is 1.20. The number of amides is 1. The van der Waals surface area contributed by atoms with Gasteiger partial charge in [0.25, 0.3) is 0 Å². The molecule has 2 heterocycles. The summed E-state index contributed by atoms with van der Waals surface area (Å²) in [5, 5.41) is 13.2. The van der Waals surface area contributed by atoms with E-state index in [0.717, 1.165) is 12.0 Å². The van der Waals surface area contributed by atoms with Gasteiger partial charge in [-0.25, -0.2) is 0 Å². The standard InChI is InChI=1S/C10H13NO2S/c12-9-1-3-11(6-9)10(13)5-8-2-4-14-7-8/h2,4,7,9,12H,1,3,5-6H2. The van der Waals surface area contributed by atoms with Gasteiger partial charge in [-0.2, -0.15) is 11.3 Å². The van der Waals surface area contributed by atoms with Crippen molar-refractivity contribution in [1.29, 1.82) is 0 Å². The van der Waals surface area contributed by atoms with Crippen molar-refractivity contribution < 1.29 is 9.90 Å². The van der Waals surface area contributed by atoms with Crippen molar-refractivity contribution in [1.82, 2.24) is 4.90 Å². The van der Waals surface area contributed by atoms with Crippen LogP contribution < -0.4 is 0 Å². The Hall–Kier alpha value is -0.870. The quantitative estimate of drug-likeness (QED) is 0.789. The van der Waals surface area contributed by atoms with Crippen LogP contribution in [-0.2, 0) is 11.2 Å². The number of thiophene rings is 1. The highest BCUT2D eigenvalue weighted by Crippen LogP contribution is 2.13. The van der Waals surface area contributed by atoms with E-state index in [0.29, 0.717) is 19.5 Å². The minimum atomic E-state index is -0.318. The van der Waals surface area contributed by atoms with Gasteiger partial charge in [-0.3, -0.25) is 4.79 Å². The van der Waals surface area contributed by atoms with Gasteiger partial charge >= 0.3 is 0 Å². The average molecular weight is 211 g/mol. The zero-order valence-corrected chi connectivity index (χ0v) is 8.67. The second-order valence-electron chi connectivity index (χ2n) is 3.59. The number of aliphatic hydroxyl groups excluding tert-OH is 1. The van der Waals surface area contributed by atoms with Crippen LogP contribution in [0.5, 0.6) is 0 Å². The van der Waals surface area contributed by atoms with Crippen molar-refractivity contribution >= 4 is 17.2 Å². The highest BCUT2D eigenvalue weighted by molar-refractivity contribution is 7.07. The molecule has 1 aliphatic heterocycles. The van der Waals surface area contributed by atoms with E-state index in [1.165, 1.54) is 0 Å². The first-order valence-electron chi connectivity index (χ1n) is 4.72. The van der Waals surface area contributed by atoms with Crippen LogP contribution in [0, 0.1) is 0 Å². The molecule has 0 aliphatic carbocycles. The van der Waals surface area contributed by atoms with E-state index in [2.05, 4.69) is 0 Å². The molecule has 0 saturated carbocycles. The number of carbonyl (C=O) groups excluding carboxylic acids is 1. The SMILES string of the molecule is O=C(Cc1ccsc1)N1CCC(O)C1. The molecule has 0 bridgehead atoms. The minimum absolute atomic E-state index is 0.125. The first kappa shape index (κ1) is 9.68. The summed E-state index contributed by atoms with van der Waals surface area (Å²) in [7, 11) is 0. The van der Waals surface area contributed by atoms with Gasteiger partial charge in [0, 0.05) is 13.1 Å². The Kier molecular flexibility index (Phi) is 2.84. The van der Waals surface area contributed by atoms with E-state index in [1.807, 2.05) is 16.8 Å². The lowest BCUT2D eigenvalue weighted by Crippen LogP contribution is -2.30.